The van der Waals surface area contributed by atoms with Gasteiger partial charge >= 0.3 is 0 Å². The molecule has 2 aromatic carbocycles. The molecule has 1 fully saturated rings. The predicted octanol–water partition coefficient (Wildman–Crippen LogP) is 3.56. The lowest BCUT2D eigenvalue weighted by atomic mass is 10.2. The van der Waals surface area contributed by atoms with Gasteiger partial charge in [-0.1, -0.05) is 11.8 Å². The Morgan fingerprint density at radius 3 is 2.19 bits per heavy atom. The first kappa shape index (κ1) is 18.8. The number of thioether (sulfide) groups is 1. The number of amides is 3. The van der Waals surface area contributed by atoms with Crippen LogP contribution in [0.2, 0.25) is 0 Å². The van der Waals surface area contributed by atoms with Gasteiger partial charge in [-0.25, -0.2) is 0 Å². The van der Waals surface area contributed by atoms with E-state index in [-0.39, 0.29) is 12.3 Å². The summed E-state index contributed by atoms with van der Waals surface area (Å²) in [5, 5.41) is 3.76. The Morgan fingerprint density at radius 1 is 1.04 bits per heavy atom. The molecule has 0 spiro atoms. The van der Waals surface area contributed by atoms with Crippen molar-refractivity contribution in [2.24, 2.45) is 0 Å². The summed E-state index contributed by atoms with van der Waals surface area (Å²) in [6.45, 7) is 2.53. The number of carbonyl (C=O) groups excluding carboxylic acids is 3. The number of hydrogen-bond donors (Lipinski definition) is 2. The first-order valence-corrected chi connectivity index (χ1v) is 9.23. The van der Waals surface area contributed by atoms with E-state index in [4.69, 9.17) is 9.47 Å². The first-order valence-electron chi connectivity index (χ1n) is 8.35. The Labute approximate surface area is 160 Å². The summed E-state index contributed by atoms with van der Waals surface area (Å²) in [7, 11) is 0. The molecule has 7 nitrogen and oxygen atoms in total. The average Bonchev–Trinajstić information content (AvgIpc) is 2.95. The van der Waals surface area contributed by atoms with E-state index in [1.54, 1.807) is 24.3 Å². The molecule has 0 aromatic heterocycles. The lowest BCUT2D eigenvalue weighted by Crippen LogP contribution is -2.27. The zero-order chi connectivity index (χ0) is 19.2. The van der Waals surface area contributed by atoms with E-state index in [1.807, 2.05) is 31.2 Å². The summed E-state index contributed by atoms with van der Waals surface area (Å²) in [5.41, 5.74) is 0.578. The Bertz CT molecular complexity index is 836. The van der Waals surface area contributed by atoms with E-state index in [0.717, 1.165) is 17.5 Å². The SMILES string of the molecule is CCOc1ccc(Oc2ccc(NC(=O)C[C@H]3SC(=O)NC3=O)cc2)cc1. The van der Waals surface area contributed by atoms with Gasteiger partial charge < -0.3 is 14.8 Å². The van der Waals surface area contributed by atoms with E-state index in [0.29, 0.717) is 23.8 Å². The largest absolute Gasteiger partial charge is 0.494 e. The van der Waals surface area contributed by atoms with Gasteiger partial charge in [0.05, 0.1) is 6.61 Å². The second-order valence-corrected chi connectivity index (χ2v) is 6.84. The van der Waals surface area contributed by atoms with Crippen LogP contribution >= 0.6 is 11.8 Å². The molecule has 0 saturated carbocycles. The highest BCUT2D eigenvalue weighted by atomic mass is 32.2. The highest BCUT2D eigenvalue weighted by molar-refractivity contribution is 8.15. The van der Waals surface area contributed by atoms with Crippen LogP contribution in [-0.4, -0.2) is 28.9 Å². The van der Waals surface area contributed by atoms with Crippen LogP contribution in [0.4, 0.5) is 10.5 Å². The highest BCUT2D eigenvalue weighted by Gasteiger charge is 2.33. The maximum atomic E-state index is 12.0. The molecule has 0 aliphatic carbocycles. The molecule has 0 bridgehead atoms. The fourth-order valence-corrected chi connectivity index (χ4v) is 3.24. The number of imide groups is 1. The lowest BCUT2D eigenvalue weighted by molar-refractivity contribution is -0.122. The van der Waals surface area contributed by atoms with Crippen molar-refractivity contribution in [3.8, 4) is 17.2 Å². The number of benzene rings is 2. The Morgan fingerprint density at radius 2 is 1.63 bits per heavy atom. The summed E-state index contributed by atoms with van der Waals surface area (Å²) in [5.74, 6) is 1.30. The van der Waals surface area contributed by atoms with Crippen LogP contribution < -0.4 is 20.1 Å². The molecule has 3 amide bonds. The van der Waals surface area contributed by atoms with Gasteiger partial charge in [0, 0.05) is 12.1 Å². The zero-order valence-electron chi connectivity index (χ0n) is 14.6. The third-order valence-corrected chi connectivity index (χ3v) is 4.63. The molecule has 0 radical (unpaired) electrons. The molecule has 1 heterocycles. The second-order valence-electron chi connectivity index (χ2n) is 5.67. The number of carbonyl (C=O) groups is 3. The minimum atomic E-state index is -0.681. The fourth-order valence-electron chi connectivity index (χ4n) is 2.42. The Kier molecular flexibility index (Phi) is 5.97. The molecular formula is C19H18N2O5S. The van der Waals surface area contributed by atoms with Crippen molar-refractivity contribution in [2.45, 2.75) is 18.6 Å². The summed E-state index contributed by atoms with van der Waals surface area (Å²) >= 11 is 0.831. The quantitative estimate of drug-likeness (QED) is 0.756. The Hall–Kier alpha value is -3.00. The van der Waals surface area contributed by atoms with E-state index >= 15 is 0 Å². The summed E-state index contributed by atoms with van der Waals surface area (Å²) < 4.78 is 11.1. The highest BCUT2D eigenvalue weighted by Crippen LogP contribution is 2.26. The van der Waals surface area contributed by atoms with Crippen molar-refractivity contribution in [3.63, 3.8) is 0 Å². The molecule has 3 rings (SSSR count). The van der Waals surface area contributed by atoms with Gasteiger partial charge in [-0.3, -0.25) is 19.7 Å². The number of rotatable bonds is 7. The Balaban J connectivity index is 1.53. The number of hydrogen-bond acceptors (Lipinski definition) is 6. The van der Waals surface area contributed by atoms with Crippen molar-refractivity contribution in [3.05, 3.63) is 48.5 Å². The average molecular weight is 386 g/mol. The van der Waals surface area contributed by atoms with Gasteiger partial charge in [-0.2, -0.15) is 0 Å². The van der Waals surface area contributed by atoms with Gasteiger partial charge in [-0.05, 0) is 55.5 Å². The molecule has 2 aromatic rings. The van der Waals surface area contributed by atoms with Crippen LogP contribution in [-0.2, 0) is 9.59 Å². The van der Waals surface area contributed by atoms with E-state index < -0.39 is 16.4 Å². The van der Waals surface area contributed by atoms with Crippen LogP contribution in [0.15, 0.2) is 48.5 Å². The topological polar surface area (TPSA) is 93.7 Å². The van der Waals surface area contributed by atoms with Gasteiger partial charge in [0.2, 0.25) is 11.8 Å². The maximum Gasteiger partial charge on any atom is 0.286 e. The van der Waals surface area contributed by atoms with E-state index in [2.05, 4.69) is 10.6 Å². The monoisotopic (exact) mass is 386 g/mol. The van der Waals surface area contributed by atoms with Crippen molar-refractivity contribution in [1.82, 2.24) is 5.32 Å². The first-order chi connectivity index (χ1) is 13.0. The summed E-state index contributed by atoms with van der Waals surface area (Å²) in [6.07, 6.45) is -0.0628. The minimum absolute atomic E-state index is 0.0628. The third kappa shape index (κ3) is 5.24. The normalized spacial score (nSPS) is 16.0. The number of anilines is 1. The molecule has 2 N–H and O–H groups in total. The number of ether oxygens (including phenoxy) is 2. The molecule has 1 saturated heterocycles. The lowest BCUT2D eigenvalue weighted by Gasteiger charge is -2.10. The van der Waals surface area contributed by atoms with Crippen LogP contribution in [0, 0.1) is 0 Å². The molecule has 0 unspecified atom stereocenters. The van der Waals surface area contributed by atoms with Crippen molar-refractivity contribution >= 4 is 34.5 Å². The van der Waals surface area contributed by atoms with Crippen molar-refractivity contribution in [1.29, 1.82) is 0 Å². The van der Waals surface area contributed by atoms with Gasteiger partial charge in [0.1, 0.15) is 22.5 Å². The van der Waals surface area contributed by atoms with E-state index in [9.17, 15) is 14.4 Å². The van der Waals surface area contributed by atoms with Crippen molar-refractivity contribution < 1.29 is 23.9 Å². The van der Waals surface area contributed by atoms with Gasteiger partial charge in [0.25, 0.3) is 5.24 Å². The number of nitrogens with one attached hydrogen (secondary N) is 2. The van der Waals surface area contributed by atoms with E-state index in [1.165, 1.54) is 0 Å². The van der Waals surface area contributed by atoms with Gasteiger partial charge in [0.15, 0.2) is 0 Å². The van der Waals surface area contributed by atoms with Gasteiger partial charge in [-0.15, -0.1) is 0 Å². The predicted molar refractivity (Wildman–Crippen MR) is 102 cm³/mol. The molecule has 8 heteroatoms. The molecule has 1 aliphatic rings. The molecule has 140 valence electrons. The molecule has 1 aliphatic heterocycles. The molecular weight excluding hydrogens is 368 g/mol. The minimum Gasteiger partial charge on any atom is -0.494 e. The third-order valence-electron chi connectivity index (χ3n) is 3.65. The van der Waals surface area contributed by atoms with Crippen LogP contribution in [0.5, 0.6) is 17.2 Å². The standard InChI is InChI=1S/C19H18N2O5S/c1-2-25-13-7-9-15(10-8-13)26-14-5-3-12(4-6-14)20-17(22)11-16-18(23)21-19(24)27-16/h3-10,16H,2,11H2,1H3,(H,20,22)(H,21,23,24)/t16-/m1/s1. The van der Waals surface area contributed by atoms with Crippen LogP contribution in [0.3, 0.4) is 0 Å². The van der Waals surface area contributed by atoms with Crippen molar-refractivity contribution in [2.75, 3.05) is 11.9 Å². The summed E-state index contributed by atoms with van der Waals surface area (Å²) in [4.78, 5) is 34.6. The molecule has 1 atom stereocenters. The van der Waals surface area contributed by atoms with Crippen LogP contribution in [0.25, 0.3) is 0 Å². The molecule has 27 heavy (non-hydrogen) atoms. The maximum absolute atomic E-state index is 12.0. The summed E-state index contributed by atoms with van der Waals surface area (Å²) in [6, 6.07) is 14.1. The fraction of sp³-hybridized carbons (Fsp3) is 0.211. The second kappa shape index (κ2) is 8.59. The zero-order valence-corrected chi connectivity index (χ0v) is 15.4. The van der Waals surface area contributed by atoms with Crippen LogP contribution in [0.1, 0.15) is 13.3 Å². The smallest absolute Gasteiger partial charge is 0.286 e.